The highest BCUT2D eigenvalue weighted by Crippen LogP contribution is 2.10. The van der Waals surface area contributed by atoms with Gasteiger partial charge in [0.05, 0.1) is 7.11 Å². The van der Waals surface area contributed by atoms with Crippen molar-refractivity contribution in [1.29, 1.82) is 0 Å². The first-order chi connectivity index (χ1) is 13.1. The van der Waals surface area contributed by atoms with Gasteiger partial charge in [0, 0.05) is 32.2 Å². The van der Waals surface area contributed by atoms with Gasteiger partial charge in [-0.05, 0) is 42.3 Å². The van der Waals surface area contributed by atoms with E-state index in [9.17, 15) is 9.18 Å². The molecule has 0 saturated carbocycles. The molecule has 0 spiro atoms. The number of nitrogens with zero attached hydrogens (tertiary/aromatic N) is 1. The highest BCUT2D eigenvalue weighted by atomic mass is 19.1. The lowest BCUT2D eigenvalue weighted by molar-refractivity contribution is 0.0954. The van der Waals surface area contributed by atoms with Crippen LogP contribution in [0.25, 0.3) is 0 Å². The summed E-state index contributed by atoms with van der Waals surface area (Å²) in [5, 5.41) is 9.06. The molecule has 0 radical (unpaired) electrons. The van der Waals surface area contributed by atoms with E-state index in [1.165, 1.54) is 6.07 Å². The molecular weight excluding hydrogens is 347 g/mol. The molecular formula is C20H25FN4O2. The smallest absolute Gasteiger partial charge is 0.251 e. The second kappa shape index (κ2) is 10.8. The number of benzene rings is 2. The predicted molar refractivity (Wildman–Crippen MR) is 105 cm³/mol. The average molecular weight is 372 g/mol. The minimum Gasteiger partial charge on any atom is -0.497 e. The minimum absolute atomic E-state index is 0.151. The Morgan fingerprint density at radius 1 is 1.00 bits per heavy atom. The Hall–Kier alpha value is -3.09. The van der Waals surface area contributed by atoms with Crippen LogP contribution >= 0.6 is 0 Å². The largest absolute Gasteiger partial charge is 0.497 e. The van der Waals surface area contributed by atoms with Gasteiger partial charge in [-0.25, -0.2) is 4.39 Å². The lowest BCUT2D eigenvalue weighted by Crippen LogP contribution is -2.42. The number of guanidine groups is 1. The van der Waals surface area contributed by atoms with Crippen molar-refractivity contribution in [3.05, 3.63) is 65.5 Å². The van der Waals surface area contributed by atoms with Crippen molar-refractivity contribution in [1.82, 2.24) is 16.0 Å². The molecule has 0 fully saturated rings. The fourth-order valence-corrected chi connectivity index (χ4v) is 2.44. The summed E-state index contributed by atoms with van der Waals surface area (Å²) < 4.78 is 18.7. The number of nitrogens with one attached hydrogen (secondary N) is 3. The molecule has 0 bridgehead atoms. The first-order valence-corrected chi connectivity index (χ1v) is 8.74. The molecule has 144 valence electrons. The lowest BCUT2D eigenvalue weighted by atomic mass is 10.1. The monoisotopic (exact) mass is 372 g/mol. The number of hydrogen-bond acceptors (Lipinski definition) is 3. The van der Waals surface area contributed by atoms with Gasteiger partial charge in [-0.1, -0.05) is 18.2 Å². The standard InChI is InChI=1S/C20H25FN4O2/c1-22-20(24-12-11-15-5-3-4-6-18(15)21)25-14-13-23-19(26)16-7-9-17(27-2)10-8-16/h3-10H,11-14H2,1-2H3,(H,23,26)(H2,22,24,25). The maximum Gasteiger partial charge on any atom is 0.251 e. The van der Waals surface area contributed by atoms with Crippen molar-refractivity contribution in [2.75, 3.05) is 33.8 Å². The van der Waals surface area contributed by atoms with Crippen molar-refractivity contribution in [2.24, 2.45) is 4.99 Å². The molecule has 1 amide bonds. The van der Waals surface area contributed by atoms with Gasteiger partial charge in [-0.15, -0.1) is 0 Å². The molecule has 0 aromatic heterocycles. The van der Waals surface area contributed by atoms with Gasteiger partial charge in [0.15, 0.2) is 5.96 Å². The van der Waals surface area contributed by atoms with Gasteiger partial charge >= 0.3 is 0 Å². The van der Waals surface area contributed by atoms with Crippen molar-refractivity contribution < 1.29 is 13.9 Å². The molecule has 7 heteroatoms. The van der Waals surface area contributed by atoms with Gasteiger partial charge in [0.25, 0.3) is 5.91 Å². The van der Waals surface area contributed by atoms with Gasteiger partial charge in [0.2, 0.25) is 0 Å². The molecule has 0 saturated heterocycles. The SMILES string of the molecule is CN=C(NCCNC(=O)c1ccc(OC)cc1)NCCc1ccccc1F. The Balaban J connectivity index is 1.67. The van der Waals surface area contributed by atoms with E-state index in [4.69, 9.17) is 4.74 Å². The highest BCUT2D eigenvalue weighted by Gasteiger charge is 2.05. The molecule has 0 aliphatic rings. The van der Waals surface area contributed by atoms with Gasteiger partial charge < -0.3 is 20.7 Å². The summed E-state index contributed by atoms with van der Waals surface area (Å²) in [6.45, 7) is 1.51. The van der Waals surface area contributed by atoms with E-state index in [-0.39, 0.29) is 11.7 Å². The van der Waals surface area contributed by atoms with Crippen LogP contribution in [0.4, 0.5) is 4.39 Å². The zero-order valence-electron chi connectivity index (χ0n) is 15.6. The number of amides is 1. The van der Waals surface area contributed by atoms with Crippen LogP contribution < -0.4 is 20.7 Å². The summed E-state index contributed by atoms with van der Waals surface area (Å²) in [4.78, 5) is 16.2. The Morgan fingerprint density at radius 3 is 2.33 bits per heavy atom. The molecule has 0 unspecified atom stereocenters. The highest BCUT2D eigenvalue weighted by molar-refractivity contribution is 5.94. The van der Waals surface area contributed by atoms with Crippen LogP contribution in [0.1, 0.15) is 15.9 Å². The lowest BCUT2D eigenvalue weighted by Gasteiger charge is -2.12. The molecule has 0 aliphatic heterocycles. The molecule has 0 atom stereocenters. The van der Waals surface area contributed by atoms with Crippen LogP contribution in [0.5, 0.6) is 5.75 Å². The Kier molecular flexibility index (Phi) is 8.09. The average Bonchev–Trinajstić information content (AvgIpc) is 2.71. The van der Waals surface area contributed by atoms with E-state index in [1.807, 2.05) is 6.07 Å². The zero-order chi connectivity index (χ0) is 19.5. The molecule has 3 N–H and O–H groups in total. The third kappa shape index (κ3) is 6.62. The summed E-state index contributed by atoms with van der Waals surface area (Å²) in [5.74, 6) is 0.953. The number of methoxy groups -OCH3 is 1. The molecule has 0 heterocycles. The number of ether oxygens (including phenoxy) is 1. The quantitative estimate of drug-likeness (QED) is 0.376. The summed E-state index contributed by atoms with van der Waals surface area (Å²) in [6, 6.07) is 13.6. The van der Waals surface area contributed by atoms with Gasteiger partial charge in [0.1, 0.15) is 11.6 Å². The number of rotatable bonds is 8. The third-order valence-corrected chi connectivity index (χ3v) is 3.92. The maximum atomic E-state index is 13.6. The fourth-order valence-electron chi connectivity index (χ4n) is 2.44. The number of carbonyl (C=O) groups is 1. The molecule has 2 aromatic carbocycles. The summed E-state index contributed by atoms with van der Waals surface area (Å²) in [7, 11) is 3.24. The third-order valence-electron chi connectivity index (χ3n) is 3.92. The van der Waals surface area contributed by atoms with E-state index in [2.05, 4.69) is 20.9 Å². The van der Waals surface area contributed by atoms with Crippen molar-refractivity contribution in [2.45, 2.75) is 6.42 Å². The minimum atomic E-state index is -0.205. The second-order valence-corrected chi connectivity index (χ2v) is 5.75. The van der Waals surface area contributed by atoms with E-state index in [1.54, 1.807) is 50.6 Å². The molecule has 0 aliphatic carbocycles. The van der Waals surface area contributed by atoms with Crippen LogP contribution in [0.15, 0.2) is 53.5 Å². The summed E-state index contributed by atoms with van der Waals surface area (Å²) >= 11 is 0. The first-order valence-electron chi connectivity index (χ1n) is 8.74. The predicted octanol–water partition coefficient (Wildman–Crippen LogP) is 1.97. The van der Waals surface area contributed by atoms with Crippen LogP contribution in [0, 0.1) is 5.82 Å². The Morgan fingerprint density at radius 2 is 1.67 bits per heavy atom. The van der Waals surface area contributed by atoms with E-state index in [0.29, 0.717) is 48.9 Å². The van der Waals surface area contributed by atoms with Crippen LogP contribution in [0.2, 0.25) is 0 Å². The van der Waals surface area contributed by atoms with Gasteiger partial charge in [-0.3, -0.25) is 9.79 Å². The zero-order valence-corrected chi connectivity index (χ0v) is 15.6. The Labute approximate surface area is 158 Å². The molecule has 2 aromatic rings. The van der Waals surface area contributed by atoms with Crippen LogP contribution in [-0.4, -0.2) is 45.7 Å². The molecule has 27 heavy (non-hydrogen) atoms. The number of hydrogen-bond donors (Lipinski definition) is 3. The van der Waals surface area contributed by atoms with Crippen molar-refractivity contribution >= 4 is 11.9 Å². The van der Waals surface area contributed by atoms with Crippen LogP contribution in [0.3, 0.4) is 0 Å². The molecule has 6 nitrogen and oxygen atoms in total. The van der Waals surface area contributed by atoms with Gasteiger partial charge in [-0.2, -0.15) is 0 Å². The van der Waals surface area contributed by atoms with E-state index in [0.717, 1.165) is 0 Å². The first kappa shape index (κ1) is 20.2. The number of halogens is 1. The number of carbonyl (C=O) groups excluding carboxylic acids is 1. The van der Waals surface area contributed by atoms with Crippen LogP contribution in [-0.2, 0) is 6.42 Å². The summed E-state index contributed by atoms with van der Waals surface area (Å²) in [5.41, 5.74) is 1.23. The van der Waals surface area contributed by atoms with E-state index < -0.39 is 0 Å². The van der Waals surface area contributed by atoms with Crippen molar-refractivity contribution in [3.63, 3.8) is 0 Å². The number of aliphatic imine (C=N–C) groups is 1. The normalized spacial score (nSPS) is 11.0. The Bertz CT molecular complexity index is 763. The molecule has 2 rings (SSSR count). The topological polar surface area (TPSA) is 74.8 Å². The van der Waals surface area contributed by atoms with E-state index >= 15 is 0 Å². The fraction of sp³-hybridized carbons (Fsp3) is 0.300. The second-order valence-electron chi connectivity index (χ2n) is 5.75. The van der Waals surface area contributed by atoms with Crippen molar-refractivity contribution in [3.8, 4) is 5.75 Å². The maximum absolute atomic E-state index is 13.6. The summed E-state index contributed by atoms with van der Waals surface area (Å²) in [6.07, 6.45) is 0.557.